The highest BCUT2D eigenvalue weighted by molar-refractivity contribution is 9.10. The average molecular weight is 340 g/mol. The van der Waals surface area contributed by atoms with E-state index in [1.54, 1.807) is 0 Å². The van der Waals surface area contributed by atoms with Gasteiger partial charge in [0.1, 0.15) is 5.75 Å². The number of hydrogen-bond donors (Lipinski definition) is 0. The van der Waals surface area contributed by atoms with Gasteiger partial charge in [-0.15, -0.1) is 0 Å². The molecule has 1 aliphatic heterocycles. The lowest BCUT2D eigenvalue weighted by molar-refractivity contribution is 0.255. The summed E-state index contributed by atoms with van der Waals surface area (Å²) in [6, 6.07) is 6.19. The normalized spacial score (nSPS) is 16.9. The molecule has 2 nitrogen and oxygen atoms in total. The van der Waals surface area contributed by atoms with Crippen LogP contribution in [-0.2, 0) is 0 Å². The minimum absolute atomic E-state index is 0.830. The van der Waals surface area contributed by atoms with Crippen LogP contribution >= 0.6 is 15.9 Å². The van der Waals surface area contributed by atoms with E-state index >= 15 is 0 Å². The van der Waals surface area contributed by atoms with Crippen LogP contribution in [0.25, 0.3) is 0 Å². The summed E-state index contributed by atoms with van der Waals surface area (Å²) in [7, 11) is 0. The third-order valence-electron chi connectivity index (χ3n) is 3.96. The first-order valence-electron chi connectivity index (χ1n) is 7.87. The Labute approximate surface area is 131 Å². The summed E-state index contributed by atoms with van der Waals surface area (Å²) in [6.45, 7) is 6.76. The van der Waals surface area contributed by atoms with Crippen molar-refractivity contribution in [2.24, 2.45) is 0 Å². The number of ether oxygens (including phenoxy) is 1. The molecule has 2 rings (SSSR count). The highest BCUT2D eigenvalue weighted by Gasteiger charge is 2.08. The molecule has 1 aromatic carbocycles. The van der Waals surface area contributed by atoms with Crippen LogP contribution < -0.4 is 4.74 Å². The summed E-state index contributed by atoms with van der Waals surface area (Å²) in [5, 5.41) is 0. The van der Waals surface area contributed by atoms with Gasteiger partial charge in [0.25, 0.3) is 0 Å². The highest BCUT2D eigenvalue weighted by atomic mass is 79.9. The Bertz CT molecular complexity index is 400. The zero-order chi connectivity index (χ0) is 14.2. The average Bonchev–Trinajstić information content (AvgIpc) is 2.69. The molecule has 3 heteroatoms. The largest absolute Gasteiger partial charge is 0.493 e. The predicted octanol–water partition coefficient (Wildman–Crippen LogP) is 4.79. The van der Waals surface area contributed by atoms with Crippen LogP contribution in [0.1, 0.15) is 44.1 Å². The van der Waals surface area contributed by atoms with Crippen molar-refractivity contribution in [3.63, 3.8) is 0 Å². The number of rotatable bonds is 6. The third-order valence-corrected chi connectivity index (χ3v) is 4.46. The molecule has 20 heavy (non-hydrogen) atoms. The van der Waals surface area contributed by atoms with Crippen molar-refractivity contribution < 1.29 is 4.74 Å². The number of aryl methyl sites for hydroxylation is 1. The Hall–Kier alpha value is -0.540. The van der Waals surface area contributed by atoms with E-state index < -0.39 is 0 Å². The molecule has 0 saturated carbocycles. The van der Waals surface area contributed by atoms with E-state index in [2.05, 4.69) is 33.8 Å². The summed E-state index contributed by atoms with van der Waals surface area (Å²) < 4.78 is 6.98. The van der Waals surface area contributed by atoms with Gasteiger partial charge in [0, 0.05) is 4.47 Å². The Kier molecular flexibility index (Phi) is 6.88. The van der Waals surface area contributed by atoms with Gasteiger partial charge in [-0.05, 0) is 76.0 Å². The zero-order valence-corrected chi connectivity index (χ0v) is 14.1. The van der Waals surface area contributed by atoms with E-state index in [-0.39, 0.29) is 0 Å². The van der Waals surface area contributed by atoms with Crippen LogP contribution in [0.4, 0.5) is 0 Å². The fourth-order valence-corrected chi connectivity index (χ4v) is 3.23. The molecule has 0 amide bonds. The predicted molar refractivity (Wildman–Crippen MR) is 88.5 cm³/mol. The lowest BCUT2D eigenvalue weighted by Gasteiger charge is -2.19. The quantitative estimate of drug-likeness (QED) is 0.690. The van der Waals surface area contributed by atoms with Crippen LogP contribution in [0, 0.1) is 6.92 Å². The topological polar surface area (TPSA) is 12.5 Å². The molecule has 1 aliphatic rings. The Morgan fingerprint density at radius 3 is 2.55 bits per heavy atom. The molecular formula is C17H26BrNO. The first-order valence-corrected chi connectivity index (χ1v) is 8.66. The van der Waals surface area contributed by atoms with Crippen molar-refractivity contribution in [2.75, 3.05) is 26.2 Å². The van der Waals surface area contributed by atoms with Crippen LogP contribution in [0.15, 0.2) is 22.7 Å². The van der Waals surface area contributed by atoms with E-state index in [4.69, 9.17) is 4.74 Å². The molecule has 0 atom stereocenters. The van der Waals surface area contributed by atoms with Gasteiger partial charge in [0.15, 0.2) is 0 Å². The van der Waals surface area contributed by atoms with Gasteiger partial charge < -0.3 is 9.64 Å². The second-order valence-corrected chi connectivity index (χ2v) is 6.64. The van der Waals surface area contributed by atoms with Crippen molar-refractivity contribution in [3.05, 3.63) is 28.2 Å². The van der Waals surface area contributed by atoms with Gasteiger partial charge in [-0.2, -0.15) is 0 Å². The van der Waals surface area contributed by atoms with Crippen LogP contribution in [-0.4, -0.2) is 31.1 Å². The first kappa shape index (κ1) is 15.8. The van der Waals surface area contributed by atoms with E-state index in [1.807, 2.05) is 12.1 Å². The number of likely N-dealkylation sites (tertiary alicyclic amines) is 1. The molecule has 112 valence electrons. The third kappa shape index (κ3) is 5.45. The second kappa shape index (κ2) is 8.68. The first-order chi connectivity index (χ1) is 9.75. The Morgan fingerprint density at radius 2 is 1.85 bits per heavy atom. The van der Waals surface area contributed by atoms with Gasteiger partial charge in [0.2, 0.25) is 0 Å². The molecule has 0 unspecified atom stereocenters. The Balaban J connectivity index is 1.61. The second-order valence-electron chi connectivity index (χ2n) is 5.72. The molecule has 1 saturated heterocycles. The van der Waals surface area contributed by atoms with Crippen molar-refractivity contribution in [1.82, 2.24) is 4.90 Å². The van der Waals surface area contributed by atoms with Crippen molar-refractivity contribution in [3.8, 4) is 5.75 Å². The van der Waals surface area contributed by atoms with Crippen LogP contribution in [0.5, 0.6) is 5.75 Å². The van der Waals surface area contributed by atoms with Crippen LogP contribution in [0.3, 0.4) is 0 Å². The zero-order valence-electron chi connectivity index (χ0n) is 12.5. The molecule has 1 fully saturated rings. The van der Waals surface area contributed by atoms with Gasteiger partial charge in [0.05, 0.1) is 6.61 Å². The number of benzene rings is 1. The molecule has 0 bridgehead atoms. The minimum atomic E-state index is 0.830. The number of unbranched alkanes of at least 4 members (excludes halogenated alkanes) is 1. The molecular weight excluding hydrogens is 314 g/mol. The van der Waals surface area contributed by atoms with Gasteiger partial charge in [-0.3, -0.25) is 0 Å². The maximum Gasteiger partial charge on any atom is 0.122 e. The van der Waals surface area contributed by atoms with E-state index in [0.717, 1.165) is 23.2 Å². The number of hydrogen-bond acceptors (Lipinski definition) is 2. The van der Waals surface area contributed by atoms with Crippen LogP contribution in [0.2, 0.25) is 0 Å². The maximum atomic E-state index is 5.87. The SMILES string of the molecule is Cc1cc(Br)ccc1OCCCCN1CCCCCC1. The highest BCUT2D eigenvalue weighted by Crippen LogP contribution is 2.22. The maximum absolute atomic E-state index is 5.87. The molecule has 0 N–H and O–H groups in total. The standard InChI is InChI=1S/C17H26BrNO/c1-15-14-16(18)8-9-17(15)20-13-7-6-12-19-10-4-2-3-5-11-19/h8-9,14H,2-7,10-13H2,1H3. The van der Waals surface area contributed by atoms with Gasteiger partial charge in [-0.1, -0.05) is 28.8 Å². The van der Waals surface area contributed by atoms with E-state index in [0.29, 0.717) is 0 Å². The summed E-state index contributed by atoms with van der Waals surface area (Å²) in [4.78, 5) is 2.62. The Morgan fingerprint density at radius 1 is 1.10 bits per heavy atom. The lowest BCUT2D eigenvalue weighted by atomic mass is 10.2. The fourth-order valence-electron chi connectivity index (χ4n) is 2.75. The van der Waals surface area contributed by atoms with Gasteiger partial charge in [-0.25, -0.2) is 0 Å². The summed E-state index contributed by atoms with van der Waals surface area (Å²) in [5.74, 6) is 1.02. The van der Waals surface area contributed by atoms with E-state index in [9.17, 15) is 0 Å². The molecule has 0 aliphatic carbocycles. The minimum Gasteiger partial charge on any atom is -0.493 e. The summed E-state index contributed by atoms with van der Waals surface area (Å²) >= 11 is 3.48. The monoisotopic (exact) mass is 339 g/mol. The van der Waals surface area contributed by atoms with Crippen molar-refractivity contribution in [1.29, 1.82) is 0 Å². The summed E-state index contributed by atoms with van der Waals surface area (Å²) in [6.07, 6.45) is 8.00. The number of halogens is 1. The van der Waals surface area contributed by atoms with Crippen molar-refractivity contribution in [2.45, 2.75) is 45.4 Å². The molecule has 1 aromatic rings. The van der Waals surface area contributed by atoms with Crippen molar-refractivity contribution >= 4 is 15.9 Å². The number of nitrogens with zero attached hydrogens (tertiary/aromatic N) is 1. The molecule has 0 radical (unpaired) electrons. The molecule has 0 spiro atoms. The van der Waals surface area contributed by atoms with Gasteiger partial charge >= 0.3 is 0 Å². The molecule has 1 heterocycles. The summed E-state index contributed by atoms with van der Waals surface area (Å²) in [5.41, 5.74) is 1.20. The van der Waals surface area contributed by atoms with E-state index in [1.165, 1.54) is 57.3 Å². The lowest BCUT2D eigenvalue weighted by Crippen LogP contribution is -2.25. The fraction of sp³-hybridized carbons (Fsp3) is 0.647. The molecule has 0 aromatic heterocycles. The smallest absolute Gasteiger partial charge is 0.122 e.